The third-order valence-corrected chi connectivity index (χ3v) is 6.59. The lowest BCUT2D eigenvalue weighted by Gasteiger charge is -2.11. The molecule has 150 valence electrons. The molecule has 0 atom stereocenters. The van der Waals surface area contributed by atoms with Crippen molar-refractivity contribution in [3.05, 3.63) is 109 Å². The van der Waals surface area contributed by atoms with Crippen LogP contribution in [-0.2, 0) is 0 Å². The molecule has 0 aliphatic rings. The van der Waals surface area contributed by atoms with Crippen LogP contribution in [0.1, 0.15) is 5.56 Å². The maximum atomic E-state index is 5.05. The molecule has 0 bridgehead atoms. The molecule has 0 N–H and O–H groups in total. The van der Waals surface area contributed by atoms with E-state index in [1.165, 1.54) is 49.1 Å². The molecule has 0 fully saturated rings. The van der Waals surface area contributed by atoms with E-state index in [1.54, 1.807) is 0 Å². The van der Waals surface area contributed by atoms with E-state index < -0.39 is 0 Å². The fourth-order valence-electron chi connectivity index (χ4n) is 5.04. The fourth-order valence-corrected chi connectivity index (χ4v) is 5.04. The molecule has 32 heavy (non-hydrogen) atoms. The Balaban J connectivity index is 1.58. The van der Waals surface area contributed by atoms with Gasteiger partial charge in [-0.1, -0.05) is 78.4 Å². The van der Waals surface area contributed by atoms with E-state index in [9.17, 15) is 0 Å². The molecule has 0 saturated carbocycles. The molecule has 7 aromatic rings. The van der Waals surface area contributed by atoms with Gasteiger partial charge < -0.3 is 0 Å². The fraction of sp³-hybridized carbons (Fsp3) is 0.0333. The van der Waals surface area contributed by atoms with Crippen molar-refractivity contribution in [3.63, 3.8) is 0 Å². The lowest BCUT2D eigenvalue weighted by Crippen LogP contribution is -1.92. The zero-order valence-electron chi connectivity index (χ0n) is 17.7. The first-order chi connectivity index (χ1) is 15.8. The van der Waals surface area contributed by atoms with E-state index in [0.717, 1.165) is 16.7 Å². The van der Waals surface area contributed by atoms with Gasteiger partial charge in [-0.2, -0.15) is 0 Å². The molecule has 2 heterocycles. The molecule has 5 aromatic carbocycles. The van der Waals surface area contributed by atoms with Gasteiger partial charge in [0, 0.05) is 10.8 Å². The quantitative estimate of drug-likeness (QED) is 0.252. The summed E-state index contributed by atoms with van der Waals surface area (Å²) in [5.41, 5.74) is 8.10. The van der Waals surface area contributed by atoms with E-state index in [2.05, 4.69) is 114 Å². The van der Waals surface area contributed by atoms with Gasteiger partial charge in [-0.15, -0.1) is 0 Å². The molecule has 0 aliphatic heterocycles. The van der Waals surface area contributed by atoms with Crippen LogP contribution in [0.25, 0.3) is 60.3 Å². The summed E-state index contributed by atoms with van der Waals surface area (Å²) >= 11 is 0. The Labute approximate surface area is 185 Å². The van der Waals surface area contributed by atoms with Gasteiger partial charge in [-0.25, -0.2) is 4.98 Å². The summed E-state index contributed by atoms with van der Waals surface area (Å²) in [5, 5.41) is 6.22. The third kappa shape index (κ3) is 2.44. The summed E-state index contributed by atoms with van der Waals surface area (Å²) in [6.45, 7) is 2.14. The number of nitrogens with zero attached hydrogens (tertiary/aromatic N) is 2. The molecule has 0 aliphatic carbocycles. The Morgan fingerprint density at radius 2 is 1.28 bits per heavy atom. The Morgan fingerprint density at radius 3 is 2.22 bits per heavy atom. The zero-order valence-corrected chi connectivity index (χ0v) is 17.7. The highest BCUT2D eigenvalue weighted by molar-refractivity contribution is 6.14. The van der Waals surface area contributed by atoms with Gasteiger partial charge in [-0.05, 0) is 64.5 Å². The number of imidazole rings is 1. The summed E-state index contributed by atoms with van der Waals surface area (Å²) in [7, 11) is 0. The molecule has 0 spiro atoms. The number of aromatic nitrogens is 2. The van der Waals surface area contributed by atoms with Crippen molar-refractivity contribution in [3.8, 4) is 11.1 Å². The Kier molecular flexibility index (Phi) is 3.51. The van der Waals surface area contributed by atoms with E-state index in [0.29, 0.717) is 0 Å². The van der Waals surface area contributed by atoms with Crippen LogP contribution in [0.2, 0.25) is 0 Å². The summed E-state index contributed by atoms with van der Waals surface area (Å²) in [6, 6.07) is 37.2. The van der Waals surface area contributed by atoms with Gasteiger partial charge in [-0.3, -0.25) is 4.40 Å². The summed E-state index contributed by atoms with van der Waals surface area (Å²) in [5.74, 6) is 0. The Hall–Kier alpha value is -4.17. The van der Waals surface area contributed by atoms with Gasteiger partial charge in [0.15, 0.2) is 0 Å². The summed E-state index contributed by atoms with van der Waals surface area (Å²) in [6.07, 6.45) is 0. The summed E-state index contributed by atoms with van der Waals surface area (Å²) in [4.78, 5) is 5.05. The van der Waals surface area contributed by atoms with Gasteiger partial charge in [0.2, 0.25) is 0 Å². The third-order valence-electron chi connectivity index (χ3n) is 6.59. The normalized spacial score (nSPS) is 11.9. The number of rotatable bonds is 1. The van der Waals surface area contributed by atoms with E-state index in [4.69, 9.17) is 4.98 Å². The molecule has 0 unspecified atom stereocenters. The van der Waals surface area contributed by atoms with E-state index in [-0.39, 0.29) is 0 Å². The van der Waals surface area contributed by atoms with Crippen molar-refractivity contribution in [1.29, 1.82) is 0 Å². The molecule has 0 saturated heterocycles. The van der Waals surface area contributed by atoms with Gasteiger partial charge in [0.05, 0.1) is 16.6 Å². The molecule has 2 heteroatoms. The first-order valence-electron chi connectivity index (χ1n) is 11.0. The monoisotopic (exact) mass is 408 g/mol. The Morgan fingerprint density at radius 1 is 0.562 bits per heavy atom. The summed E-state index contributed by atoms with van der Waals surface area (Å²) < 4.78 is 2.31. The second kappa shape index (κ2) is 6.41. The predicted octanol–water partition coefficient (Wildman–Crippen LogP) is 7.92. The van der Waals surface area contributed by atoms with E-state index >= 15 is 0 Å². The van der Waals surface area contributed by atoms with Crippen LogP contribution in [-0.4, -0.2) is 9.38 Å². The van der Waals surface area contributed by atoms with Crippen molar-refractivity contribution in [1.82, 2.24) is 9.38 Å². The average Bonchev–Trinajstić information content (AvgIpc) is 3.24. The van der Waals surface area contributed by atoms with Crippen LogP contribution in [0, 0.1) is 6.92 Å². The average molecular weight is 409 g/mol. The van der Waals surface area contributed by atoms with Gasteiger partial charge in [0.1, 0.15) is 5.65 Å². The predicted molar refractivity (Wildman–Crippen MR) is 135 cm³/mol. The number of pyridine rings is 1. The van der Waals surface area contributed by atoms with Gasteiger partial charge in [0.25, 0.3) is 0 Å². The van der Waals surface area contributed by atoms with Crippen molar-refractivity contribution in [2.75, 3.05) is 0 Å². The van der Waals surface area contributed by atoms with Crippen molar-refractivity contribution >= 4 is 49.1 Å². The zero-order chi connectivity index (χ0) is 21.2. The highest BCUT2D eigenvalue weighted by Crippen LogP contribution is 2.35. The molecule has 0 radical (unpaired) electrons. The van der Waals surface area contributed by atoms with E-state index in [1.807, 2.05) is 0 Å². The molecule has 0 amide bonds. The number of fused-ring (bicyclic) bond motifs is 9. The minimum Gasteiger partial charge on any atom is -0.292 e. The number of benzene rings is 5. The first-order valence-corrected chi connectivity index (χ1v) is 11.0. The highest BCUT2D eigenvalue weighted by Gasteiger charge is 2.14. The molecular weight excluding hydrogens is 388 g/mol. The standard InChI is InChI=1S/C30H20N2/c1-19-10-11-21-17-22(13-12-20(21)16-19)23-14-15-24-25-6-2-4-8-28(25)32-29-9-5-3-7-27(29)31-30(32)26(24)18-23/h2-18H,1H3. The maximum Gasteiger partial charge on any atom is 0.146 e. The van der Waals surface area contributed by atoms with Crippen LogP contribution < -0.4 is 0 Å². The van der Waals surface area contributed by atoms with Gasteiger partial charge >= 0.3 is 0 Å². The van der Waals surface area contributed by atoms with Crippen LogP contribution >= 0.6 is 0 Å². The molecular formula is C30H20N2. The maximum absolute atomic E-state index is 5.05. The lowest BCUT2D eigenvalue weighted by atomic mass is 9.97. The lowest BCUT2D eigenvalue weighted by molar-refractivity contribution is 1.31. The Bertz CT molecular complexity index is 1840. The SMILES string of the molecule is Cc1ccc2cc(-c3ccc4c5ccccc5n5c6ccccc6nc5c4c3)ccc2c1. The van der Waals surface area contributed by atoms with Crippen molar-refractivity contribution in [2.45, 2.75) is 6.92 Å². The van der Waals surface area contributed by atoms with Crippen LogP contribution in [0.5, 0.6) is 0 Å². The van der Waals surface area contributed by atoms with Crippen LogP contribution in [0.15, 0.2) is 103 Å². The van der Waals surface area contributed by atoms with Crippen LogP contribution in [0.4, 0.5) is 0 Å². The topological polar surface area (TPSA) is 17.3 Å². The van der Waals surface area contributed by atoms with Crippen LogP contribution in [0.3, 0.4) is 0 Å². The van der Waals surface area contributed by atoms with Crippen molar-refractivity contribution < 1.29 is 0 Å². The smallest absolute Gasteiger partial charge is 0.146 e. The molecule has 2 nitrogen and oxygen atoms in total. The molecule has 7 rings (SSSR count). The minimum atomic E-state index is 1.01. The largest absolute Gasteiger partial charge is 0.292 e. The minimum absolute atomic E-state index is 1.01. The van der Waals surface area contributed by atoms with Crippen molar-refractivity contribution in [2.24, 2.45) is 0 Å². The second-order valence-corrected chi connectivity index (χ2v) is 8.60. The number of aryl methyl sites for hydroxylation is 1. The number of para-hydroxylation sites is 3. The highest BCUT2D eigenvalue weighted by atomic mass is 15.0. The number of hydrogen-bond donors (Lipinski definition) is 0. The molecule has 2 aromatic heterocycles. The first kappa shape index (κ1) is 17.5. The second-order valence-electron chi connectivity index (χ2n) is 8.60. The number of hydrogen-bond acceptors (Lipinski definition) is 1.